The summed E-state index contributed by atoms with van der Waals surface area (Å²) < 4.78 is 32.0. The van der Waals surface area contributed by atoms with Gasteiger partial charge >= 0.3 is 13.6 Å². The second-order valence-corrected chi connectivity index (χ2v) is 6.30. The van der Waals surface area contributed by atoms with Gasteiger partial charge in [0.15, 0.2) is 0 Å². The molecule has 0 heterocycles. The van der Waals surface area contributed by atoms with Gasteiger partial charge in [0, 0.05) is 19.8 Å². The van der Waals surface area contributed by atoms with Gasteiger partial charge in [0.1, 0.15) is 5.76 Å². The Morgan fingerprint density at radius 3 is 2.24 bits per heavy atom. The van der Waals surface area contributed by atoms with E-state index >= 15 is 0 Å². The fourth-order valence-corrected chi connectivity index (χ4v) is 2.82. The molecule has 0 unspecified atom stereocenters. The van der Waals surface area contributed by atoms with Crippen molar-refractivity contribution in [2.45, 2.75) is 6.16 Å². The molecule has 0 saturated carbocycles. The van der Waals surface area contributed by atoms with E-state index in [0.29, 0.717) is 16.9 Å². The lowest BCUT2D eigenvalue weighted by Crippen LogP contribution is -2.02. The number of benzene rings is 1. The molecular weight excluding hydrogens is 295 g/mol. The summed E-state index contributed by atoms with van der Waals surface area (Å²) in [5.41, 5.74) is 1.31. The third kappa shape index (κ3) is 4.70. The highest BCUT2D eigenvalue weighted by atomic mass is 31.2. The molecule has 0 aliphatic heterocycles. The van der Waals surface area contributed by atoms with Crippen molar-refractivity contribution in [1.29, 1.82) is 0 Å². The molecule has 1 aromatic carbocycles. The van der Waals surface area contributed by atoms with Crippen molar-refractivity contribution < 1.29 is 27.9 Å². The Hall–Kier alpha value is -1.62. The molecule has 0 radical (unpaired) electrons. The molecule has 0 aliphatic rings. The van der Waals surface area contributed by atoms with Crippen molar-refractivity contribution in [2.75, 3.05) is 28.4 Å². The highest BCUT2D eigenvalue weighted by Gasteiger charge is 2.24. The minimum absolute atomic E-state index is 0.0675. The summed E-state index contributed by atoms with van der Waals surface area (Å²) in [7, 11) is 2.16. The van der Waals surface area contributed by atoms with Crippen LogP contribution in [0, 0.1) is 0 Å². The number of esters is 1. The van der Waals surface area contributed by atoms with E-state index in [4.69, 9.17) is 13.8 Å². The Balaban J connectivity index is 3.23. The zero-order valence-corrected chi connectivity index (χ0v) is 13.4. The maximum atomic E-state index is 12.3. The van der Waals surface area contributed by atoms with Crippen molar-refractivity contribution in [3.05, 3.63) is 41.5 Å². The van der Waals surface area contributed by atoms with Crippen LogP contribution in [0.5, 0.6) is 0 Å². The third-order valence-electron chi connectivity index (χ3n) is 2.87. The van der Waals surface area contributed by atoms with Gasteiger partial charge in [-0.15, -0.1) is 0 Å². The largest absolute Gasteiger partial charge is 0.496 e. The first-order valence-corrected chi connectivity index (χ1v) is 7.85. The van der Waals surface area contributed by atoms with E-state index in [9.17, 15) is 9.36 Å². The second-order valence-electron chi connectivity index (χ2n) is 4.03. The molecule has 0 fully saturated rings. The average Bonchev–Trinajstić information content (AvgIpc) is 2.52. The van der Waals surface area contributed by atoms with E-state index in [0.717, 1.165) is 0 Å². The number of hydrogen-bond donors (Lipinski definition) is 0. The quantitative estimate of drug-likeness (QED) is 0.333. The second kappa shape index (κ2) is 7.98. The molecule has 0 bridgehead atoms. The SMILES string of the molecule is COC(=O)C=C(OC)c1ccccc1CP(=O)(OC)OC. The number of rotatable bonds is 7. The first kappa shape index (κ1) is 17.4. The van der Waals surface area contributed by atoms with E-state index in [1.54, 1.807) is 24.3 Å². The van der Waals surface area contributed by atoms with Gasteiger partial charge in [0.25, 0.3) is 0 Å². The molecule has 1 rings (SSSR count). The highest BCUT2D eigenvalue weighted by Crippen LogP contribution is 2.50. The van der Waals surface area contributed by atoms with Gasteiger partial charge in [0.05, 0.1) is 26.5 Å². The van der Waals surface area contributed by atoms with E-state index in [-0.39, 0.29) is 6.16 Å². The Morgan fingerprint density at radius 1 is 1.10 bits per heavy atom. The highest BCUT2D eigenvalue weighted by molar-refractivity contribution is 7.52. The van der Waals surface area contributed by atoms with Crippen LogP contribution in [0.2, 0.25) is 0 Å². The number of hydrogen-bond acceptors (Lipinski definition) is 6. The Labute approximate surface area is 124 Å². The Bertz CT molecular complexity index is 558. The van der Waals surface area contributed by atoms with Crippen LogP contribution in [-0.2, 0) is 34.0 Å². The van der Waals surface area contributed by atoms with E-state index in [1.165, 1.54) is 34.5 Å². The standard InChI is InChI=1S/C14H19O6P/c1-17-13(9-14(15)18-2)12-8-6-5-7-11(12)10-21(16,19-3)20-4/h5-9H,10H2,1-4H3. The summed E-state index contributed by atoms with van der Waals surface area (Å²) >= 11 is 0. The molecule has 0 amide bonds. The van der Waals surface area contributed by atoms with Gasteiger partial charge < -0.3 is 18.5 Å². The minimum Gasteiger partial charge on any atom is -0.496 e. The summed E-state index contributed by atoms with van der Waals surface area (Å²) in [5, 5.41) is 0. The first-order valence-electron chi connectivity index (χ1n) is 6.12. The third-order valence-corrected chi connectivity index (χ3v) is 4.71. The summed E-state index contributed by atoms with van der Waals surface area (Å²) in [6, 6.07) is 7.10. The summed E-state index contributed by atoms with van der Waals surface area (Å²) in [6.45, 7) is 0. The summed E-state index contributed by atoms with van der Waals surface area (Å²) in [4.78, 5) is 11.4. The Kier molecular flexibility index (Phi) is 6.62. The zero-order chi connectivity index (χ0) is 15.9. The molecule has 0 saturated heterocycles. The maximum Gasteiger partial charge on any atom is 0.334 e. The van der Waals surface area contributed by atoms with Gasteiger partial charge in [-0.1, -0.05) is 24.3 Å². The van der Waals surface area contributed by atoms with Gasteiger partial charge in [-0.3, -0.25) is 4.57 Å². The number of carbonyl (C=O) groups excluding carboxylic acids is 1. The van der Waals surface area contributed by atoms with E-state index in [2.05, 4.69) is 4.74 Å². The van der Waals surface area contributed by atoms with Crippen LogP contribution in [0.15, 0.2) is 30.3 Å². The molecule has 1 aromatic rings. The van der Waals surface area contributed by atoms with Crippen molar-refractivity contribution in [1.82, 2.24) is 0 Å². The summed E-state index contributed by atoms with van der Waals surface area (Å²) in [6.07, 6.45) is 1.29. The van der Waals surface area contributed by atoms with Gasteiger partial charge in [-0.25, -0.2) is 4.79 Å². The van der Waals surface area contributed by atoms with Crippen LogP contribution in [-0.4, -0.2) is 34.4 Å². The molecule has 6 nitrogen and oxygen atoms in total. The molecule has 7 heteroatoms. The molecule has 0 aliphatic carbocycles. The lowest BCUT2D eigenvalue weighted by molar-refractivity contribution is -0.134. The molecule has 0 N–H and O–H groups in total. The maximum absolute atomic E-state index is 12.3. The monoisotopic (exact) mass is 314 g/mol. The summed E-state index contributed by atoms with van der Waals surface area (Å²) in [5.74, 6) is -0.223. The first-order chi connectivity index (χ1) is 9.99. The van der Waals surface area contributed by atoms with Gasteiger partial charge in [-0.05, 0) is 5.56 Å². The van der Waals surface area contributed by atoms with Gasteiger partial charge in [-0.2, -0.15) is 0 Å². The van der Waals surface area contributed by atoms with Crippen molar-refractivity contribution in [3.8, 4) is 0 Å². The van der Waals surface area contributed by atoms with E-state index in [1.807, 2.05) is 0 Å². The van der Waals surface area contributed by atoms with Crippen molar-refractivity contribution >= 4 is 19.3 Å². The van der Waals surface area contributed by atoms with Crippen LogP contribution in [0.4, 0.5) is 0 Å². The smallest absolute Gasteiger partial charge is 0.334 e. The number of carbonyl (C=O) groups is 1. The van der Waals surface area contributed by atoms with Crippen LogP contribution in [0.25, 0.3) is 5.76 Å². The predicted molar refractivity (Wildman–Crippen MR) is 78.8 cm³/mol. The van der Waals surface area contributed by atoms with Crippen LogP contribution in [0.3, 0.4) is 0 Å². The number of methoxy groups -OCH3 is 2. The lowest BCUT2D eigenvalue weighted by Gasteiger charge is -2.17. The molecule has 21 heavy (non-hydrogen) atoms. The average molecular weight is 314 g/mol. The van der Waals surface area contributed by atoms with Crippen LogP contribution >= 0.6 is 7.60 Å². The fraction of sp³-hybridized carbons (Fsp3) is 0.357. The van der Waals surface area contributed by atoms with Gasteiger partial charge in [0.2, 0.25) is 0 Å². The molecule has 116 valence electrons. The van der Waals surface area contributed by atoms with Crippen LogP contribution < -0.4 is 0 Å². The minimum atomic E-state index is -3.22. The Morgan fingerprint density at radius 2 is 1.71 bits per heavy atom. The lowest BCUT2D eigenvalue weighted by atomic mass is 10.1. The van der Waals surface area contributed by atoms with E-state index < -0.39 is 13.6 Å². The molecule has 0 atom stereocenters. The zero-order valence-electron chi connectivity index (χ0n) is 12.5. The fourth-order valence-electron chi connectivity index (χ4n) is 1.72. The molecular formula is C14H19O6P. The molecule has 0 aromatic heterocycles. The van der Waals surface area contributed by atoms with Crippen molar-refractivity contribution in [3.63, 3.8) is 0 Å². The normalized spacial score (nSPS) is 12.1. The number of ether oxygens (including phenoxy) is 2. The molecule has 0 spiro atoms. The van der Waals surface area contributed by atoms with Crippen molar-refractivity contribution in [2.24, 2.45) is 0 Å². The predicted octanol–water partition coefficient (Wildman–Crippen LogP) is 2.83. The topological polar surface area (TPSA) is 71.1 Å². The van der Waals surface area contributed by atoms with Crippen LogP contribution in [0.1, 0.15) is 11.1 Å².